The Bertz CT molecular complexity index is 832. The Hall–Kier alpha value is -3.00. The van der Waals surface area contributed by atoms with Gasteiger partial charge in [-0.05, 0) is 55.3 Å². The summed E-state index contributed by atoms with van der Waals surface area (Å²) in [5.41, 5.74) is 2.89. The Morgan fingerprint density at radius 1 is 1.15 bits per heavy atom. The number of hydrogen-bond donors (Lipinski definition) is 0. The second-order valence-corrected chi connectivity index (χ2v) is 6.89. The van der Waals surface area contributed by atoms with Crippen molar-refractivity contribution in [3.8, 4) is 17.6 Å². The fourth-order valence-electron chi connectivity index (χ4n) is 3.10. The molecule has 1 aliphatic heterocycles. The number of carbonyl (C=O) groups excluding carboxylic acids is 1. The highest BCUT2D eigenvalue weighted by atomic mass is 16.5. The third-order valence-electron chi connectivity index (χ3n) is 4.78. The molecule has 0 aliphatic carbocycles. The van der Waals surface area contributed by atoms with Crippen LogP contribution in [0.2, 0.25) is 0 Å². The van der Waals surface area contributed by atoms with Gasteiger partial charge in [0, 0.05) is 25.9 Å². The lowest BCUT2D eigenvalue weighted by molar-refractivity contribution is -0.135. The second kappa shape index (κ2) is 8.59. The van der Waals surface area contributed by atoms with Crippen molar-refractivity contribution in [3.05, 3.63) is 59.2 Å². The first-order valence-electron chi connectivity index (χ1n) is 9.20. The maximum absolute atomic E-state index is 12.4. The van der Waals surface area contributed by atoms with Gasteiger partial charge in [0.2, 0.25) is 0 Å². The predicted octanol–water partition coefficient (Wildman–Crippen LogP) is 3.62. The molecule has 0 spiro atoms. The Kier molecular flexibility index (Phi) is 5.97. The largest absolute Gasteiger partial charge is 0.490 e. The molecule has 1 amide bonds. The van der Waals surface area contributed by atoms with Gasteiger partial charge in [0.25, 0.3) is 5.91 Å². The van der Waals surface area contributed by atoms with Gasteiger partial charge in [0.15, 0.2) is 6.61 Å². The van der Waals surface area contributed by atoms with Crippen LogP contribution in [-0.4, -0.2) is 36.6 Å². The molecule has 5 nitrogen and oxygen atoms in total. The number of carbonyl (C=O) groups is 1. The van der Waals surface area contributed by atoms with Crippen LogP contribution in [0.4, 0.5) is 0 Å². The molecule has 0 saturated carbocycles. The van der Waals surface area contributed by atoms with E-state index < -0.39 is 0 Å². The van der Waals surface area contributed by atoms with E-state index in [2.05, 4.69) is 31.2 Å². The maximum atomic E-state index is 12.4. The molecule has 0 unspecified atom stereocenters. The molecule has 1 fully saturated rings. The third kappa shape index (κ3) is 5.01. The van der Waals surface area contributed by atoms with E-state index in [1.807, 2.05) is 11.8 Å². The van der Waals surface area contributed by atoms with Crippen LogP contribution in [-0.2, 0) is 4.79 Å². The van der Waals surface area contributed by atoms with Gasteiger partial charge in [0.1, 0.15) is 17.6 Å². The number of likely N-dealkylation sites (tertiary alicyclic amines) is 1. The third-order valence-corrected chi connectivity index (χ3v) is 4.78. The first kappa shape index (κ1) is 18.8. The average Bonchev–Trinajstić information content (AvgIpc) is 2.70. The van der Waals surface area contributed by atoms with Crippen molar-refractivity contribution in [1.29, 1.82) is 5.26 Å². The van der Waals surface area contributed by atoms with Crippen LogP contribution < -0.4 is 9.47 Å². The van der Waals surface area contributed by atoms with Crippen molar-refractivity contribution in [2.45, 2.75) is 32.8 Å². The molecule has 2 aromatic carbocycles. The summed E-state index contributed by atoms with van der Waals surface area (Å²) in [6, 6.07) is 15.0. The molecule has 140 valence electrons. The van der Waals surface area contributed by atoms with E-state index in [0.29, 0.717) is 24.4 Å². The molecule has 5 heteroatoms. The Morgan fingerprint density at radius 2 is 1.85 bits per heavy atom. The maximum Gasteiger partial charge on any atom is 0.260 e. The van der Waals surface area contributed by atoms with Crippen molar-refractivity contribution in [1.82, 2.24) is 4.90 Å². The average molecular weight is 364 g/mol. The number of nitriles is 1. The smallest absolute Gasteiger partial charge is 0.260 e. The molecule has 1 heterocycles. The van der Waals surface area contributed by atoms with Crippen LogP contribution in [0.1, 0.15) is 29.5 Å². The second-order valence-electron chi connectivity index (χ2n) is 6.89. The Balaban J connectivity index is 1.46. The van der Waals surface area contributed by atoms with Gasteiger partial charge >= 0.3 is 0 Å². The van der Waals surface area contributed by atoms with E-state index in [9.17, 15) is 4.79 Å². The number of nitrogens with zero attached hydrogens (tertiary/aromatic N) is 2. The molecule has 3 rings (SSSR count). The summed E-state index contributed by atoms with van der Waals surface area (Å²) in [7, 11) is 0. The highest BCUT2D eigenvalue weighted by Gasteiger charge is 2.24. The topological polar surface area (TPSA) is 62.6 Å². The lowest BCUT2D eigenvalue weighted by atomic mass is 10.1. The summed E-state index contributed by atoms with van der Waals surface area (Å²) in [5, 5.41) is 8.80. The summed E-state index contributed by atoms with van der Waals surface area (Å²) in [6.45, 7) is 5.46. The zero-order chi connectivity index (χ0) is 19.2. The lowest BCUT2D eigenvalue weighted by Gasteiger charge is -2.32. The van der Waals surface area contributed by atoms with E-state index in [-0.39, 0.29) is 18.6 Å². The molecular formula is C22H24N2O3. The normalized spacial score (nSPS) is 14.5. The summed E-state index contributed by atoms with van der Waals surface area (Å²) in [5.74, 6) is 1.50. The first-order chi connectivity index (χ1) is 13.0. The molecule has 2 aromatic rings. The van der Waals surface area contributed by atoms with Crippen LogP contribution in [0.5, 0.6) is 11.5 Å². The van der Waals surface area contributed by atoms with Gasteiger partial charge in [-0.3, -0.25) is 4.79 Å². The Morgan fingerprint density at radius 3 is 2.52 bits per heavy atom. The van der Waals surface area contributed by atoms with Gasteiger partial charge in [0.05, 0.1) is 11.6 Å². The summed E-state index contributed by atoms with van der Waals surface area (Å²) in [4.78, 5) is 14.2. The quantitative estimate of drug-likeness (QED) is 0.813. The minimum atomic E-state index is -0.0236. The molecule has 1 saturated heterocycles. The summed E-state index contributed by atoms with van der Waals surface area (Å²) >= 11 is 0. The van der Waals surface area contributed by atoms with Crippen molar-refractivity contribution < 1.29 is 14.3 Å². The number of ether oxygens (including phenoxy) is 2. The SMILES string of the molecule is Cc1ccc(C)c(OC2CCN(C(=O)COc3ccc(C#N)cc3)CC2)c1. The number of rotatable bonds is 5. The molecule has 0 aromatic heterocycles. The van der Waals surface area contributed by atoms with Gasteiger partial charge in [-0.15, -0.1) is 0 Å². The zero-order valence-electron chi connectivity index (χ0n) is 15.8. The van der Waals surface area contributed by atoms with E-state index in [1.54, 1.807) is 24.3 Å². The van der Waals surface area contributed by atoms with Crippen LogP contribution in [0.15, 0.2) is 42.5 Å². The standard InChI is InChI=1S/C22H24N2O3/c1-16-3-4-17(2)21(13-16)27-20-9-11-24(12-10-20)22(25)15-26-19-7-5-18(14-23)6-8-19/h3-8,13,20H,9-12,15H2,1-2H3. The van der Waals surface area contributed by atoms with Crippen LogP contribution in [0.3, 0.4) is 0 Å². The van der Waals surface area contributed by atoms with E-state index in [0.717, 1.165) is 24.2 Å². The van der Waals surface area contributed by atoms with E-state index in [4.69, 9.17) is 14.7 Å². The Labute approximate surface area is 160 Å². The fourth-order valence-corrected chi connectivity index (χ4v) is 3.10. The van der Waals surface area contributed by atoms with E-state index >= 15 is 0 Å². The number of aryl methyl sites for hydroxylation is 2. The number of piperidine rings is 1. The molecule has 0 bridgehead atoms. The highest BCUT2D eigenvalue weighted by Crippen LogP contribution is 2.24. The van der Waals surface area contributed by atoms with Crippen molar-refractivity contribution in [2.75, 3.05) is 19.7 Å². The van der Waals surface area contributed by atoms with Crippen molar-refractivity contribution >= 4 is 5.91 Å². The fraction of sp³-hybridized carbons (Fsp3) is 0.364. The molecule has 0 N–H and O–H groups in total. The minimum Gasteiger partial charge on any atom is -0.490 e. The summed E-state index contributed by atoms with van der Waals surface area (Å²) < 4.78 is 11.7. The highest BCUT2D eigenvalue weighted by molar-refractivity contribution is 5.77. The lowest BCUT2D eigenvalue weighted by Crippen LogP contribution is -2.43. The molecular weight excluding hydrogens is 340 g/mol. The number of hydrogen-bond acceptors (Lipinski definition) is 4. The van der Waals surface area contributed by atoms with Crippen LogP contribution in [0.25, 0.3) is 0 Å². The number of benzene rings is 2. The predicted molar refractivity (Wildman–Crippen MR) is 103 cm³/mol. The zero-order valence-corrected chi connectivity index (χ0v) is 15.8. The van der Waals surface area contributed by atoms with E-state index in [1.165, 1.54) is 5.56 Å². The van der Waals surface area contributed by atoms with Crippen molar-refractivity contribution in [2.24, 2.45) is 0 Å². The van der Waals surface area contributed by atoms with Gasteiger partial charge in [-0.25, -0.2) is 0 Å². The summed E-state index contributed by atoms with van der Waals surface area (Å²) in [6.07, 6.45) is 1.76. The molecule has 1 aliphatic rings. The first-order valence-corrected chi connectivity index (χ1v) is 9.20. The van der Waals surface area contributed by atoms with Crippen LogP contribution in [0, 0.1) is 25.2 Å². The number of amides is 1. The minimum absolute atomic E-state index is 0.00835. The van der Waals surface area contributed by atoms with Crippen LogP contribution >= 0.6 is 0 Å². The van der Waals surface area contributed by atoms with Gasteiger partial charge < -0.3 is 14.4 Å². The monoisotopic (exact) mass is 364 g/mol. The molecule has 0 radical (unpaired) electrons. The van der Waals surface area contributed by atoms with Gasteiger partial charge in [-0.2, -0.15) is 5.26 Å². The molecule has 27 heavy (non-hydrogen) atoms. The molecule has 0 atom stereocenters. The van der Waals surface area contributed by atoms with Gasteiger partial charge in [-0.1, -0.05) is 12.1 Å². The van der Waals surface area contributed by atoms with Crippen molar-refractivity contribution in [3.63, 3.8) is 0 Å².